The van der Waals surface area contributed by atoms with Gasteiger partial charge in [0.05, 0.1) is 19.1 Å². The van der Waals surface area contributed by atoms with Gasteiger partial charge in [0.1, 0.15) is 0 Å². The molecule has 1 amide bonds. The summed E-state index contributed by atoms with van der Waals surface area (Å²) in [7, 11) is 1.42. The molecule has 0 aromatic carbocycles. The third-order valence-electron chi connectivity index (χ3n) is 4.26. The molecule has 0 aromatic rings. The van der Waals surface area contributed by atoms with Gasteiger partial charge < -0.3 is 10.1 Å². The van der Waals surface area contributed by atoms with Crippen molar-refractivity contribution in [2.45, 2.75) is 58.5 Å². The second-order valence-corrected chi connectivity index (χ2v) is 6.26. The summed E-state index contributed by atoms with van der Waals surface area (Å²) in [5, 5.41) is 3.06. The van der Waals surface area contributed by atoms with Gasteiger partial charge in [-0.15, -0.1) is 0 Å². The lowest BCUT2D eigenvalue weighted by Crippen LogP contribution is -2.54. The van der Waals surface area contributed by atoms with Gasteiger partial charge >= 0.3 is 5.97 Å². The Labute approximate surface area is 122 Å². The number of carbonyl (C=O) groups excluding carboxylic acids is 2. The van der Waals surface area contributed by atoms with Crippen LogP contribution in [0.2, 0.25) is 0 Å². The van der Waals surface area contributed by atoms with Crippen LogP contribution < -0.4 is 5.32 Å². The summed E-state index contributed by atoms with van der Waals surface area (Å²) in [5.74, 6) is -0.248. The van der Waals surface area contributed by atoms with E-state index in [9.17, 15) is 9.59 Å². The van der Waals surface area contributed by atoms with Crippen LogP contribution in [0.3, 0.4) is 0 Å². The predicted molar refractivity (Wildman–Crippen MR) is 78.3 cm³/mol. The lowest BCUT2D eigenvalue weighted by Gasteiger charge is -2.36. The van der Waals surface area contributed by atoms with Crippen molar-refractivity contribution in [3.63, 3.8) is 0 Å². The number of rotatable bonds is 5. The minimum atomic E-state index is -0.215. The molecule has 1 aliphatic rings. The highest BCUT2D eigenvalue weighted by Crippen LogP contribution is 2.20. The number of carbonyl (C=O) groups is 2. The summed E-state index contributed by atoms with van der Waals surface area (Å²) >= 11 is 0. The highest BCUT2D eigenvalue weighted by atomic mass is 16.5. The number of piperidine rings is 1. The molecule has 0 saturated carbocycles. The Morgan fingerprint density at radius 1 is 1.45 bits per heavy atom. The monoisotopic (exact) mass is 284 g/mol. The molecule has 5 heteroatoms. The zero-order valence-electron chi connectivity index (χ0n) is 13.4. The number of amides is 1. The van der Waals surface area contributed by atoms with E-state index >= 15 is 0 Å². The van der Waals surface area contributed by atoms with E-state index in [0.29, 0.717) is 6.54 Å². The maximum Gasteiger partial charge on any atom is 0.309 e. The van der Waals surface area contributed by atoms with Crippen LogP contribution in [-0.2, 0) is 14.3 Å². The normalized spacial score (nSPS) is 22.1. The summed E-state index contributed by atoms with van der Waals surface area (Å²) in [6.07, 6.45) is 2.66. The highest BCUT2D eigenvalue weighted by Gasteiger charge is 2.32. The van der Waals surface area contributed by atoms with Gasteiger partial charge in [-0.3, -0.25) is 14.5 Å². The van der Waals surface area contributed by atoms with Crippen LogP contribution in [-0.4, -0.2) is 48.6 Å². The van der Waals surface area contributed by atoms with E-state index in [1.54, 1.807) is 0 Å². The summed E-state index contributed by atoms with van der Waals surface area (Å²) in [6.45, 7) is 9.46. The summed E-state index contributed by atoms with van der Waals surface area (Å²) in [5.41, 5.74) is -0.192. The van der Waals surface area contributed by atoms with Crippen molar-refractivity contribution in [3.8, 4) is 0 Å². The average Bonchev–Trinajstić information content (AvgIpc) is 2.45. The smallest absolute Gasteiger partial charge is 0.309 e. The first-order valence-corrected chi connectivity index (χ1v) is 7.44. The molecule has 0 spiro atoms. The Balaban J connectivity index is 2.60. The van der Waals surface area contributed by atoms with Crippen molar-refractivity contribution in [3.05, 3.63) is 0 Å². The van der Waals surface area contributed by atoms with E-state index in [1.807, 2.05) is 20.8 Å². The lowest BCUT2D eigenvalue weighted by molar-refractivity contribution is -0.148. The molecule has 0 radical (unpaired) electrons. The van der Waals surface area contributed by atoms with Crippen molar-refractivity contribution >= 4 is 11.9 Å². The first-order chi connectivity index (χ1) is 9.30. The van der Waals surface area contributed by atoms with E-state index < -0.39 is 0 Å². The molecule has 0 bridgehead atoms. The van der Waals surface area contributed by atoms with Crippen LogP contribution in [0.15, 0.2) is 0 Å². The van der Waals surface area contributed by atoms with Crippen molar-refractivity contribution < 1.29 is 14.3 Å². The third kappa shape index (κ3) is 4.47. The number of hydrogen-bond acceptors (Lipinski definition) is 4. The number of likely N-dealkylation sites (tertiary alicyclic amines) is 1. The van der Waals surface area contributed by atoms with Crippen molar-refractivity contribution in [1.82, 2.24) is 10.2 Å². The standard InChI is InChI=1S/C15H28N2O3/c1-6-15(3,4)16-13(18)11(2)17-9-7-8-12(10-17)14(19)20-5/h11-12H,6-10H2,1-5H3,(H,16,18)/t11?,12-/m0/s1. The zero-order chi connectivity index (χ0) is 15.3. The van der Waals surface area contributed by atoms with Crippen LogP contribution in [0.25, 0.3) is 0 Å². The molecular weight excluding hydrogens is 256 g/mol. The number of nitrogens with zero attached hydrogens (tertiary/aromatic N) is 1. The number of methoxy groups -OCH3 is 1. The second-order valence-electron chi connectivity index (χ2n) is 6.26. The van der Waals surface area contributed by atoms with E-state index in [-0.39, 0.29) is 29.4 Å². The highest BCUT2D eigenvalue weighted by molar-refractivity contribution is 5.82. The van der Waals surface area contributed by atoms with Gasteiger partial charge in [0.15, 0.2) is 0 Å². The first kappa shape index (κ1) is 17.0. The van der Waals surface area contributed by atoms with Crippen molar-refractivity contribution in [2.75, 3.05) is 20.2 Å². The molecule has 1 unspecified atom stereocenters. The molecule has 1 N–H and O–H groups in total. The third-order valence-corrected chi connectivity index (χ3v) is 4.26. The number of esters is 1. The van der Waals surface area contributed by atoms with Crippen LogP contribution in [0.1, 0.15) is 47.0 Å². The quantitative estimate of drug-likeness (QED) is 0.779. The molecule has 116 valence electrons. The minimum absolute atomic E-state index is 0.0300. The molecule has 0 aliphatic carbocycles. The van der Waals surface area contributed by atoms with Gasteiger partial charge in [-0.2, -0.15) is 0 Å². The molecule has 1 heterocycles. The van der Waals surface area contributed by atoms with Gasteiger partial charge in [0.2, 0.25) is 5.91 Å². The number of ether oxygens (including phenoxy) is 1. The summed E-state index contributed by atoms with van der Waals surface area (Å²) < 4.78 is 4.81. The predicted octanol–water partition coefficient (Wildman–Crippen LogP) is 1.56. The molecule has 0 aromatic heterocycles. The topological polar surface area (TPSA) is 58.6 Å². The second kappa shape index (κ2) is 7.07. The molecule has 5 nitrogen and oxygen atoms in total. The Morgan fingerprint density at radius 2 is 2.10 bits per heavy atom. The molecule has 1 rings (SSSR count). The van der Waals surface area contributed by atoms with Gasteiger partial charge in [-0.25, -0.2) is 0 Å². The fourth-order valence-corrected chi connectivity index (χ4v) is 2.41. The molecule has 2 atom stereocenters. The molecule has 1 aliphatic heterocycles. The van der Waals surface area contributed by atoms with E-state index in [2.05, 4.69) is 17.1 Å². The van der Waals surface area contributed by atoms with Gasteiger partial charge in [0.25, 0.3) is 0 Å². The number of nitrogens with one attached hydrogen (secondary N) is 1. The van der Waals surface area contributed by atoms with Crippen molar-refractivity contribution in [1.29, 1.82) is 0 Å². The van der Waals surface area contributed by atoms with Crippen LogP contribution in [0, 0.1) is 5.92 Å². The van der Waals surface area contributed by atoms with Crippen LogP contribution in [0.4, 0.5) is 0 Å². The Bertz CT molecular complexity index is 355. The molecule has 1 fully saturated rings. The first-order valence-electron chi connectivity index (χ1n) is 7.44. The zero-order valence-corrected chi connectivity index (χ0v) is 13.4. The van der Waals surface area contributed by atoms with Gasteiger partial charge in [-0.05, 0) is 46.6 Å². The average molecular weight is 284 g/mol. The van der Waals surface area contributed by atoms with Gasteiger partial charge in [-0.1, -0.05) is 6.92 Å². The SMILES string of the molecule is CCC(C)(C)NC(=O)C(C)N1CCC[C@H](C(=O)OC)C1. The summed E-state index contributed by atoms with van der Waals surface area (Å²) in [4.78, 5) is 26.0. The fourth-order valence-electron chi connectivity index (χ4n) is 2.41. The van der Waals surface area contributed by atoms with E-state index in [4.69, 9.17) is 4.74 Å². The minimum Gasteiger partial charge on any atom is -0.469 e. The van der Waals surface area contributed by atoms with Crippen LogP contribution in [0.5, 0.6) is 0 Å². The maximum atomic E-state index is 12.3. The van der Waals surface area contributed by atoms with E-state index in [0.717, 1.165) is 25.8 Å². The molecular formula is C15H28N2O3. The Morgan fingerprint density at radius 3 is 2.65 bits per heavy atom. The largest absolute Gasteiger partial charge is 0.469 e. The lowest BCUT2D eigenvalue weighted by atomic mass is 9.96. The maximum absolute atomic E-state index is 12.3. The van der Waals surface area contributed by atoms with E-state index in [1.165, 1.54) is 7.11 Å². The molecule has 20 heavy (non-hydrogen) atoms. The van der Waals surface area contributed by atoms with Crippen LogP contribution >= 0.6 is 0 Å². The summed E-state index contributed by atoms with van der Waals surface area (Å²) in [6, 6.07) is -0.215. The Hall–Kier alpha value is -1.10. The van der Waals surface area contributed by atoms with Crippen molar-refractivity contribution in [2.24, 2.45) is 5.92 Å². The molecule has 1 saturated heterocycles. The van der Waals surface area contributed by atoms with Gasteiger partial charge in [0, 0.05) is 12.1 Å². The number of hydrogen-bond donors (Lipinski definition) is 1. The fraction of sp³-hybridized carbons (Fsp3) is 0.867. The Kier molecular flexibility index (Phi) is 5.99.